The van der Waals surface area contributed by atoms with Crippen LogP contribution in [0.2, 0.25) is 0 Å². The standard InChI is InChI=1S/C17H17NO2/c1-11(19)15-4-2-3-5-16(15)12-6-7-17-13(8-12)9-14(10-18)20-17/h2-8,14H,9-10,18H2,1H3. The molecule has 0 spiro atoms. The molecule has 0 aliphatic carbocycles. The first kappa shape index (κ1) is 12.9. The Morgan fingerprint density at radius 3 is 2.85 bits per heavy atom. The van der Waals surface area contributed by atoms with Crippen molar-refractivity contribution in [3.63, 3.8) is 0 Å². The number of benzene rings is 2. The largest absolute Gasteiger partial charge is 0.488 e. The second kappa shape index (κ2) is 5.10. The van der Waals surface area contributed by atoms with Gasteiger partial charge in [-0.25, -0.2) is 0 Å². The minimum absolute atomic E-state index is 0.0725. The van der Waals surface area contributed by atoms with Crippen molar-refractivity contribution in [1.82, 2.24) is 0 Å². The highest BCUT2D eigenvalue weighted by Gasteiger charge is 2.22. The Morgan fingerprint density at radius 2 is 2.10 bits per heavy atom. The Balaban J connectivity index is 2.03. The fraction of sp³-hybridized carbons (Fsp3) is 0.235. The van der Waals surface area contributed by atoms with Crippen molar-refractivity contribution in [3.8, 4) is 16.9 Å². The number of hydrogen-bond donors (Lipinski definition) is 1. The van der Waals surface area contributed by atoms with Gasteiger partial charge in [-0.2, -0.15) is 0 Å². The Hall–Kier alpha value is -2.13. The van der Waals surface area contributed by atoms with Gasteiger partial charge < -0.3 is 10.5 Å². The molecule has 0 saturated carbocycles. The lowest BCUT2D eigenvalue weighted by Crippen LogP contribution is -2.24. The van der Waals surface area contributed by atoms with E-state index < -0.39 is 0 Å². The van der Waals surface area contributed by atoms with E-state index in [1.165, 1.54) is 0 Å². The van der Waals surface area contributed by atoms with Crippen LogP contribution in [0.1, 0.15) is 22.8 Å². The van der Waals surface area contributed by atoms with E-state index in [-0.39, 0.29) is 11.9 Å². The van der Waals surface area contributed by atoms with Gasteiger partial charge in [0.15, 0.2) is 5.78 Å². The van der Waals surface area contributed by atoms with Crippen molar-refractivity contribution in [2.45, 2.75) is 19.4 Å². The number of carbonyl (C=O) groups excluding carboxylic acids is 1. The highest BCUT2D eigenvalue weighted by atomic mass is 16.5. The zero-order valence-electron chi connectivity index (χ0n) is 11.4. The van der Waals surface area contributed by atoms with Gasteiger partial charge in [-0.05, 0) is 35.7 Å². The average molecular weight is 267 g/mol. The second-order valence-corrected chi connectivity index (χ2v) is 5.10. The maximum absolute atomic E-state index is 11.7. The van der Waals surface area contributed by atoms with Crippen LogP contribution in [0.15, 0.2) is 42.5 Å². The Bertz CT molecular complexity index is 664. The fourth-order valence-electron chi connectivity index (χ4n) is 2.66. The molecule has 0 bridgehead atoms. The highest BCUT2D eigenvalue weighted by molar-refractivity contribution is 6.00. The summed E-state index contributed by atoms with van der Waals surface area (Å²) < 4.78 is 5.73. The molecule has 0 fully saturated rings. The van der Waals surface area contributed by atoms with Gasteiger partial charge in [0.2, 0.25) is 0 Å². The van der Waals surface area contributed by atoms with Gasteiger partial charge in [-0.15, -0.1) is 0 Å². The molecule has 0 aromatic heterocycles. The number of nitrogens with two attached hydrogens (primary N) is 1. The minimum Gasteiger partial charge on any atom is -0.488 e. The van der Waals surface area contributed by atoms with Gasteiger partial charge in [0.1, 0.15) is 11.9 Å². The van der Waals surface area contributed by atoms with E-state index in [2.05, 4.69) is 6.07 Å². The minimum atomic E-state index is 0.0725. The Morgan fingerprint density at radius 1 is 1.30 bits per heavy atom. The van der Waals surface area contributed by atoms with Crippen molar-refractivity contribution in [2.24, 2.45) is 5.73 Å². The number of hydrogen-bond acceptors (Lipinski definition) is 3. The molecule has 3 nitrogen and oxygen atoms in total. The molecule has 102 valence electrons. The molecule has 2 N–H and O–H groups in total. The van der Waals surface area contributed by atoms with Crippen molar-refractivity contribution in [1.29, 1.82) is 0 Å². The first-order valence-electron chi connectivity index (χ1n) is 6.79. The number of fused-ring (bicyclic) bond motifs is 1. The van der Waals surface area contributed by atoms with E-state index >= 15 is 0 Å². The molecule has 0 radical (unpaired) electrons. The molecule has 1 aliphatic heterocycles. The summed E-state index contributed by atoms with van der Waals surface area (Å²) in [4.78, 5) is 11.7. The SMILES string of the molecule is CC(=O)c1ccccc1-c1ccc2c(c1)CC(CN)O2. The lowest BCUT2D eigenvalue weighted by molar-refractivity contribution is 0.101. The quantitative estimate of drug-likeness (QED) is 0.870. The molecule has 3 heteroatoms. The summed E-state index contributed by atoms with van der Waals surface area (Å²) >= 11 is 0. The predicted molar refractivity (Wildman–Crippen MR) is 79.1 cm³/mol. The number of rotatable bonds is 3. The van der Waals surface area contributed by atoms with E-state index in [0.717, 1.165) is 34.4 Å². The van der Waals surface area contributed by atoms with E-state index in [0.29, 0.717) is 6.54 Å². The first-order chi connectivity index (χ1) is 9.69. The highest BCUT2D eigenvalue weighted by Crippen LogP contribution is 2.33. The average Bonchev–Trinajstić information content (AvgIpc) is 2.89. The van der Waals surface area contributed by atoms with Gasteiger partial charge in [0.05, 0.1) is 0 Å². The Kier molecular flexibility index (Phi) is 3.28. The normalized spacial score (nSPS) is 16.6. The van der Waals surface area contributed by atoms with Crippen LogP contribution in [0, 0.1) is 0 Å². The molecular weight excluding hydrogens is 250 g/mol. The van der Waals surface area contributed by atoms with Crippen LogP contribution in [0.3, 0.4) is 0 Å². The molecule has 1 unspecified atom stereocenters. The summed E-state index contributed by atoms with van der Waals surface area (Å²) in [5.74, 6) is 0.988. The summed E-state index contributed by atoms with van der Waals surface area (Å²) in [5, 5.41) is 0. The van der Waals surface area contributed by atoms with Crippen LogP contribution in [0.4, 0.5) is 0 Å². The molecular formula is C17H17NO2. The summed E-state index contributed by atoms with van der Waals surface area (Å²) in [6.07, 6.45) is 0.908. The predicted octanol–water partition coefficient (Wildman–Crippen LogP) is 2.82. The molecule has 2 aromatic rings. The van der Waals surface area contributed by atoms with Crippen LogP contribution in [-0.4, -0.2) is 18.4 Å². The molecule has 20 heavy (non-hydrogen) atoms. The van der Waals surface area contributed by atoms with Crippen molar-refractivity contribution < 1.29 is 9.53 Å². The van der Waals surface area contributed by atoms with Gasteiger partial charge in [0.25, 0.3) is 0 Å². The molecule has 1 aliphatic rings. The third kappa shape index (κ3) is 2.21. The zero-order valence-corrected chi connectivity index (χ0v) is 11.4. The third-order valence-corrected chi connectivity index (χ3v) is 3.68. The summed E-state index contributed by atoms with van der Waals surface area (Å²) in [5.41, 5.74) is 9.59. The number of carbonyl (C=O) groups is 1. The monoisotopic (exact) mass is 267 g/mol. The van der Waals surface area contributed by atoms with Crippen molar-refractivity contribution in [3.05, 3.63) is 53.6 Å². The summed E-state index contributed by atoms with van der Waals surface area (Å²) in [6.45, 7) is 2.12. The van der Waals surface area contributed by atoms with Crippen LogP contribution in [0.25, 0.3) is 11.1 Å². The van der Waals surface area contributed by atoms with Crippen LogP contribution < -0.4 is 10.5 Å². The summed E-state index contributed by atoms with van der Waals surface area (Å²) in [7, 11) is 0. The maximum Gasteiger partial charge on any atom is 0.160 e. The van der Waals surface area contributed by atoms with Crippen LogP contribution >= 0.6 is 0 Å². The number of ketones is 1. The summed E-state index contributed by atoms with van der Waals surface area (Å²) in [6, 6.07) is 13.8. The molecule has 1 heterocycles. The van der Waals surface area contributed by atoms with Crippen LogP contribution in [0.5, 0.6) is 5.75 Å². The van der Waals surface area contributed by atoms with Gasteiger partial charge in [-0.3, -0.25) is 4.79 Å². The van der Waals surface area contributed by atoms with Gasteiger partial charge in [0, 0.05) is 18.5 Å². The molecule has 3 rings (SSSR count). The van der Waals surface area contributed by atoms with Crippen molar-refractivity contribution >= 4 is 5.78 Å². The molecule has 1 atom stereocenters. The zero-order chi connectivity index (χ0) is 14.1. The third-order valence-electron chi connectivity index (χ3n) is 3.68. The van der Waals surface area contributed by atoms with Crippen molar-refractivity contribution in [2.75, 3.05) is 6.54 Å². The van der Waals surface area contributed by atoms with Gasteiger partial charge in [-0.1, -0.05) is 30.3 Å². The Labute approximate surface area is 118 Å². The smallest absolute Gasteiger partial charge is 0.160 e. The lowest BCUT2D eigenvalue weighted by Gasteiger charge is -2.08. The first-order valence-corrected chi connectivity index (χ1v) is 6.79. The van der Waals surface area contributed by atoms with E-state index in [1.54, 1.807) is 6.92 Å². The van der Waals surface area contributed by atoms with E-state index in [9.17, 15) is 4.79 Å². The van der Waals surface area contributed by atoms with Crippen LogP contribution in [-0.2, 0) is 6.42 Å². The maximum atomic E-state index is 11.7. The molecule has 0 saturated heterocycles. The number of Topliss-reactive ketones (excluding diaryl/α,β-unsaturated/α-hetero) is 1. The fourth-order valence-corrected chi connectivity index (χ4v) is 2.66. The molecule has 0 amide bonds. The lowest BCUT2D eigenvalue weighted by atomic mass is 9.95. The van der Waals surface area contributed by atoms with E-state index in [1.807, 2.05) is 36.4 Å². The molecule has 2 aromatic carbocycles. The topological polar surface area (TPSA) is 52.3 Å². The second-order valence-electron chi connectivity index (χ2n) is 5.10. The van der Waals surface area contributed by atoms with Gasteiger partial charge >= 0.3 is 0 Å². The van der Waals surface area contributed by atoms with E-state index in [4.69, 9.17) is 10.5 Å². The number of ether oxygens (including phenoxy) is 1.